The van der Waals surface area contributed by atoms with Gasteiger partial charge in [-0.2, -0.15) is 0 Å². The summed E-state index contributed by atoms with van der Waals surface area (Å²) in [6.07, 6.45) is 1.62. The number of carbonyl (C=O) groups excluding carboxylic acids is 1. The Kier molecular flexibility index (Phi) is 4.79. The lowest BCUT2D eigenvalue weighted by Crippen LogP contribution is -2.16. The molecule has 0 saturated heterocycles. The van der Waals surface area contributed by atoms with E-state index in [0.717, 1.165) is 22.6 Å². The molecule has 0 radical (unpaired) electrons. The van der Waals surface area contributed by atoms with E-state index in [9.17, 15) is 4.79 Å². The molecule has 3 aromatic rings. The summed E-state index contributed by atoms with van der Waals surface area (Å²) < 4.78 is 5.24. The van der Waals surface area contributed by atoms with Crippen molar-refractivity contribution in [3.05, 3.63) is 70.8 Å². The van der Waals surface area contributed by atoms with E-state index in [2.05, 4.69) is 20.8 Å². The zero-order valence-corrected chi connectivity index (χ0v) is 14.5. The zero-order chi connectivity index (χ0) is 17.8. The SMILES string of the molecule is Cc1cc(C)c(NC(=O)c2ccc(NCc3ccco3)nn2)c(C)c1. The second kappa shape index (κ2) is 7.17. The summed E-state index contributed by atoms with van der Waals surface area (Å²) in [4.78, 5) is 12.4. The van der Waals surface area contributed by atoms with Crippen LogP contribution in [0.1, 0.15) is 32.9 Å². The predicted molar refractivity (Wildman–Crippen MR) is 96.7 cm³/mol. The number of hydrogen-bond acceptors (Lipinski definition) is 5. The molecule has 2 aromatic heterocycles. The lowest BCUT2D eigenvalue weighted by atomic mass is 10.1. The van der Waals surface area contributed by atoms with E-state index < -0.39 is 0 Å². The van der Waals surface area contributed by atoms with Gasteiger partial charge in [-0.25, -0.2) is 0 Å². The smallest absolute Gasteiger partial charge is 0.276 e. The van der Waals surface area contributed by atoms with E-state index in [-0.39, 0.29) is 11.6 Å². The van der Waals surface area contributed by atoms with Crippen molar-refractivity contribution < 1.29 is 9.21 Å². The number of furan rings is 1. The highest BCUT2D eigenvalue weighted by Gasteiger charge is 2.12. The van der Waals surface area contributed by atoms with Crippen LogP contribution in [0.2, 0.25) is 0 Å². The van der Waals surface area contributed by atoms with Gasteiger partial charge in [0.2, 0.25) is 0 Å². The van der Waals surface area contributed by atoms with Gasteiger partial charge in [-0.1, -0.05) is 17.7 Å². The Hall–Kier alpha value is -3.15. The Labute approximate surface area is 146 Å². The number of nitrogens with zero attached hydrogens (tertiary/aromatic N) is 2. The molecule has 2 heterocycles. The normalized spacial score (nSPS) is 10.5. The van der Waals surface area contributed by atoms with Crippen molar-refractivity contribution in [2.45, 2.75) is 27.3 Å². The fourth-order valence-electron chi connectivity index (χ4n) is 2.69. The first-order valence-corrected chi connectivity index (χ1v) is 8.02. The van der Waals surface area contributed by atoms with E-state index in [1.807, 2.05) is 45.0 Å². The molecule has 0 saturated carbocycles. The van der Waals surface area contributed by atoms with Gasteiger partial charge in [-0.15, -0.1) is 10.2 Å². The number of anilines is 2. The molecular formula is C19H20N4O2. The van der Waals surface area contributed by atoms with Crippen molar-refractivity contribution in [3.63, 3.8) is 0 Å². The van der Waals surface area contributed by atoms with Crippen molar-refractivity contribution in [3.8, 4) is 0 Å². The predicted octanol–water partition coefficient (Wildman–Crippen LogP) is 3.86. The zero-order valence-electron chi connectivity index (χ0n) is 14.5. The van der Waals surface area contributed by atoms with E-state index >= 15 is 0 Å². The van der Waals surface area contributed by atoms with Crippen LogP contribution < -0.4 is 10.6 Å². The topological polar surface area (TPSA) is 80.0 Å². The van der Waals surface area contributed by atoms with Crippen LogP contribution in [0.4, 0.5) is 11.5 Å². The van der Waals surface area contributed by atoms with Gasteiger partial charge in [0, 0.05) is 5.69 Å². The quantitative estimate of drug-likeness (QED) is 0.739. The van der Waals surface area contributed by atoms with Crippen molar-refractivity contribution in [2.24, 2.45) is 0 Å². The molecule has 3 rings (SSSR count). The molecular weight excluding hydrogens is 316 g/mol. The molecule has 0 bridgehead atoms. The Morgan fingerprint density at radius 2 is 1.84 bits per heavy atom. The third-order valence-corrected chi connectivity index (χ3v) is 3.84. The average Bonchev–Trinajstić information content (AvgIpc) is 3.10. The van der Waals surface area contributed by atoms with Crippen molar-refractivity contribution in [1.29, 1.82) is 0 Å². The number of nitrogens with one attached hydrogen (secondary N) is 2. The van der Waals surface area contributed by atoms with Crippen molar-refractivity contribution >= 4 is 17.4 Å². The molecule has 6 nitrogen and oxygen atoms in total. The molecule has 0 aliphatic heterocycles. The lowest BCUT2D eigenvalue weighted by Gasteiger charge is -2.12. The highest BCUT2D eigenvalue weighted by atomic mass is 16.3. The maximum atomic E-state index is 12.4. The van der Waals surface area contributed by atoms with Crippen LogP contribution in [0.5, 0.6) is 0 Å². The molecule has 2 N–H and O–H groups in total. The number of aromatic nitrogens is 2. The monoisotopic (exact) mass is 336 g/mol. The van der Waals surface area contributed by atoms with Gasteiger partial charge in [0.1, 0.15) is 11.6 Å². The van der Waals surface area contributed by atoms with E-state index in [4.69, 9.17) is 4.42 Å². The Balaban J connectivity index is 1.66. The molecule has 1 amide bonds. The molecule has 6 heteroatoms. The molecule has 1 aromatic carbocycles. The van der Waals surface area contributed by atoms with Gasteiger partial charge < -0.3 is 15.1 Å². The van der Waals surface area contributed by atoms with Gasteiger partial charge in [0.15, 0.2) is 5.69 Å². The molecule has 0 unspecified atom stereocenters. The third-order valence-electron chi connectivity index (χ3n) is 3.84. The highest BCUT2D eigenvalue weighted by Crippen LogP contribution is 2.22. The fourth-order valence-corrected chi connectivity index (χ4v) is 2.69. The summed E-state index contributed by atoms with van der Waals surface area (Å²) in [5.41, 5.74) is 4.30. The summed E-state index contributed by atoms with van der Waals surface area (Å²) in [5, 5.41) is 14.0. The number of aryl methyl sites for hydroxylation is 3. The number of amides is 1. The minimum atomic E-state index is -0.278. The van der Waals surface area contributed by atoms with Gasteiger partial charge in [-0.3, -0.25) is 4.79 Å². The maximum absolute atomic E-state index is 12.4. The summed E-state index contributed by atoms with van der Waals surface area (Å²) >= 11 is 0. The van der Waals surface area contributed by atoms with Crippen molar-refractivity contribution in [1.82, 2.24) is 10.2 Å². The Morgan fingerprint density at radius 1 is 1.08 bits per heavy atom. The molecule has 128 valence electrons. The standard InChI is InChI=1S/C19H20N4O2/c1-12-9-13(2)18(14(3)10-12)21-19(24)16-6-7-17(23-22-16)20-11-15-5-4-8-25-15/h4-10H,11H2,1-3H3,(H,20,23)(H,21,24). The molecule has 0 aliphatic rings. The van der Waals surface area contributed by atoms with Gasteiger partial charge in [0.05, 0.1) is 12.8 Å². The van der Waals surface area contributed by atoms with Crippen LogP contribution in [0.15, 0.2) is 47.1 Å². The first-order valence-electron chi connectivity index (χ1n) is 8.02. The second-order valence-corrected chi connectivity index (χ2v) is 5.96. The molecule has 0 atom stereocenters. The highest BCUT2D eigenvalue weighted by molar-refractivity contribution is 6.03. The first kappa shape index (κ1) is 16.7. The molecule has 0 aliphatic carbocycles. The summed E-state index contributed by atoms with van der Waals surface area (Å²) in [6.45, 7) is 6.49. The molecule has 25 heavy (non-hydrogen) atoms. The van der Waals surface area contributed by atoms with Crippen LogP contribution >= 0.6 is 0 Å². The third kappa shape index (κ3) is 4.03. The van der Waals surface area contributed by atoms with Crippen LogP contribution in [-0.4, -0.2) is 16.1 Å². The van der Waals surface area contributed by atoms with Gasteiger partial charge in [0.25, 0.3) is 5.91 Å². The largest absolute Gasteiger partial charge is 0.467 e. The fraction of sp³-hybridized carbons (Fsp3) is 0.211. The summed E-state index contributed by atoms with van der Waals surface area (Å²) in [6, 6.07) is 11.1. The Morgan fingerprint density at radius 3 is 2.44 bits per heavy atom. The molecule has 0 fully saturated rings. The maximum Gasteiger partial charge on any atom is 0.276 e. The lowest BCUT2D eigenvalue weighted by molar-refractivity contribution is 0.102. The molecule has 0 spiro atoms. The Bertz CT molecular complexity index is 848. The average molecular weight is 336 g/mol. The van der Waals surface area contributed by atoms with E-state index in [1.54, 1.807) is 18.4 Å². The van der Waals surface area contributed by atoms with Crippen LogP contribution in [0, 0.1) is 20.8 Å². The summed E-state index contributed by atoms with van der Waals surface area (Å²) in [7, 11) is 0. The van der Waals surface area contributed by atoms with Gasteiger partial charge in [-0.05, 0) is 56.2 Å². The number of rotatable bonds is 5. The van der Waals surface area contributed by atoms with E-state index in [0.29, 0.717) is 12.4 Å². The van der Waals surface area contributed by atoms with Crippen LogP contribution in [0.25, 0.3) is 0 Å². The van der Waals surface area contributed by atoms with Crippen LogP contribution in [-0.2, 0) is 6.54 Å². The first-order chi connectivity index (χ1) is 12.0. The minimum absolute atomic E-state index is 0.267. The van der Waals surface area contributed by atoms with Crippen molar-refractivity contribution in [2.75, 3.05) is 10.6 Å². The number of hydrogen-bond donors (Lipinski definition) is 2. The van der Waals surface area contributed by atoms with E-state index in [1.165, 1.54) is 5.56 Å². The number of benzene rings is 1. The second-order valence-electron chi connectivity index (χ2n) is 5.96. The van der Waals surface area contributed by atoms with Gasteiger partial charge >= 0.3 is 0 Å². The minimum Gasteiger partial charge on any atom is -0.467 e. The number of carbonyl (C=O) groups is 1. The van der Waals surface area contributed by atoms with Crippen LogP contribution in [0.3, 0.4) is 0 Å². The summed E-state index contributed by atoms with van der Waals surface area (Å²) in [5.74, 6) is 1.10.